The fourth-order valence-electron chi connectivity index (χ4n) is 3.92. The summed E-state index contributed by atoms with van der Waals surface area (Å²) in [6, 6.07) is 14.6. The van der Waals surface area contributed by atoms with Crippen LogP contribution >= 0.6 is 0 Å². The fourth-order valence-corrected chi connectivity index (χ4v) is 3.92. The smallest absolute Gasteiger partial charge is 0.186 e. The number of ether oxygens (including phenoxy) is 1. The van der Waals surface area contributed by atoms with Crippen molar-refractivity contribution in [1.29, 1.82) is 0 Å². The van der Waals surface area contributed by atoms with E-state index >= 15 is 0 Å². The Morgan fingerprint density at radius 2 is 1.79 bits per heavy atom. The van der Waals surface area contributed by atoms with Crippen LogP contribution in [0.3, 0.4) is 0 Å². The van der Waals surface area contributed by atoms with Gasteiger partial charge < -0.3 is 9.64 Å². The number of methoxy groups -OCH3 is 1. The Morgan fingerprint density at radius 3 is 2.57 bits per heavy atom. The van der Waals surface area contributed by atoms with Crippen molar-refractivity contribution in [2.24, 2.45) is 0 Å². The van der Waals surface area contributed by atoms with E-state index in [9.17, 15) is 4.39 Å². The lowest BCUT2D eigenvalue weighted by Crippen LogP contribution is -2.37. The number of aromatic nitrogens is 4. The van der Waals surface area contributed by atoms with E-state index in [1.807, 2.05) is 24.3 Å². The van der Waals surface area contributed by atoms with E-state index in [0.29, 0.717) is 16.9 Å². The molecular formula is C21H20FN5O. The molecular weight excluding hydrogens is 357 g/mol. The van der Waals surface area contributed by atoms with Crippen molar-refractivity contribution < 1.29 is 9.13 Å². The summed E-state index contributed by atoms with van der Waals surface area (Å²) in [4.78, 5) is 7.19. The summed E-state index contributed by atoms with van der Waals surface area (Å²) in [7, 11) is 1.76. The highest BCUT2D eigenvalue weighted by atomic mass is 19.1. The summed E-state index contributed by atoms with van der Waals surface area (Å²) < 4.78 is 21.6. The van der Waals surface area contributed by atoms with Gasteiger partial charge in [-0.05, 0) is 37.1 Å². The number of rotatable bonds is 3. The predicted molar refractivity (Wildman–Crippen MR) is 106 cm³/mol. The van der Waals surface area contributed by atoms with E-state index in [1.54, 1.807) is 29.8 Å². The molecule has 1 aliphatic heterocycles. The summed E-state index contributed by atoms with van der Waals surface area (Å²) in [6.07, 6.45) is 2.20. The van der Waals surface area contributed by atoms with Gasteiger partial charge in [-0.25, -0.2) is 9.37 Å². The van der Waals surface area contributed by atoms with Crippen LogP contribution in [-0.4, -0.2) is 46.1 Å². The lowest BCUT2D eigenvalue weighted by Gasteiger charge is -2.32. The molecule has 28 heavy (non-hydrogen) atoms. The van der Waals surface area contributed by atoms with Crippen LogP contribution in [0.5, 0.6) is 0 Å². The van der Waals surface area contributed by atoms with Crippen molar-refractivity contribution in [2.75, 3.05) is 25.1 Å². The molecule has 0 saturated carbocycles. The number of nitrogens with zero attached hydrogens (tertiary/aromatic N) is 5. The number of para-hydroxylation sites is 1. The van der Waals surface area contributed by atoms with Crippen molar-refractivity contribution in [2.45, 2.75) is 18.9 Å². The molecule has 0 amide bonds. The van der Waals surface area contributed by atoms with Gasteiger partial charge in [-0.3, -0.25) is 0 Å². The molecule has 142 valence electrons. The molecule has 0 N–H and O–H groups in total. The van der Waals surface area contributed by atoms with Gasteiger partial charge in [0.25, 0.3) is 0 Å². The zero-order valence-electron chi connectivity index (χ0n) is 15.5. The van der Waals surface area contributed by atoms with Crippen LogP contribution in [0, 0.1) is 5.82 Å². The number of hydrogen-bond acceptors (Lipinski definition) is 5. The molecule has 4 aromatic rings. The summed E-state index contributed by atoms with van der Waals surface area (Å²) in [5, 5.41) is 9.54. The summed E-state index contributed by atoms with van der Waals surface area (Å²) >= 11 is 0. The van der Waals surface area contributed by atoms with Crippen LogP contribution in [-0.2, 0) is 4.74 Å². The molecule has 5 rings (SSSR count). The van der Waals surface area contributed by atoms with Crippen LogP contribution in [0.2, 0.25) is 0 Å². The molecule has 2 aromatic heterocycles. The minimum atomic E-state index is -0.331. The maximum atomic E-state index is 14.4. The maximum Gasteiger partial charge on any atom is 0.186 e. The van der Waals surface area contributed by atoms with E-state index < -0.39 is 0 Å². The molecule has 1 saturated heterocycles. The number of hydrogen-bond donors (Lipinski definition) is 0. The number of piperidine rings is 1. The molecule has 1 aliphatic rings. The summed E-state index contributed by atoms with van der Waals surface area (Å²) in [5.41, 5.74) is 2.33. The standard InChI is InChI=1S/C21H20FN5O/c1-28-14-10-12-26(13-11-14)20-16-7-3-5-9-18(16)27-21(23-20)19(24-25-27)15-6-2-4-8-17(15)22/h2-9,14H,10-13H2,1H3. The monoisotopic (exact) mass is 377 g/mol. The minimum Gasteiger partial charge on any atom is -0.381 e. The quantitative estimate of drug-likeness (QED) is 0.545. The van der Waals surface area contributed by atoms with Gasteiger partial charge in [-0.15, -0.1) is 5.10 Å². The Labute approximate surface area is 161 Å². The molecule has 6 nitrogen and oxygen atoms in total. The van der Waals surface area contributed by atoms with Crippen molar-refractivity contribution in [1.82, 2.24) is 19.8 Å². The van der Waals surface area contributed by atoms with Crippen molar-refractivity contribution in [3.63, 3.8) is 0 Å². The number of anilines is 1. The molecule has 0 unspecified atom stereocenters. The van der Waals surface area contributed by atoms with Gasteiger partial charge in [0.1, 0.15) is 17.3 Å². The van der Waals surface area contributed by atoms with Crippen molar-refractivity contribution in [3.8, 4) is 11.3 Å². The third kappa shape index (κ3) is 2.70. The molecule has 0 spiro atoms. The van der Waals surface area contributed by atoms with Gasteiger partial charge >= 0.3 is 0 Å². The van der Waals surface area contributed by atoms with E-state index in [2.05, 4.69) is 15.2 Å². The molecule has 0 bridgehead atoms. The molecule has 2 aromatic carbocycles. The Morgan fingerprint density at radius 1 is 1.04 bits per heavy atom. The normalized spacial score (nSPS) is 15.6. The largest absolute Gasteiger partial charge is 0.381 e. The Hall–Kier alpha value is -3.06. The zero-order valence-corrected chi connectivity index (χ0v) is 15.5. The molecule has 1 fully saturated rings. The molecule has 0 radical (unpaired) electrons. The Kier molecular flexibility index (Phi) is 4.16. The van der Waals surface area contributed by atoms with Gasteiger partial charge in [0.2, 0.25) is 0 Å². The second kappa shape index (κ2) is 6.83. The lowest BCUT2D eigenvalue weighted by molar-refractivity contribution is 0.0818. The predicted octanol–water partition coefficient (Wildman–Crippen LogP) is 3.70. The van der Waals surface area contributed by atoms with Crippen LogP contribution in [0.15, 0.2) is 48.5 Å². The number of halogens is 1. The Bertz CT molecular complexity index is 1150. The minimum absolute atomic E-state index is 0.289. The average Bonchev–Trinajstić information content (AvgIpc) is 3.17. The highest BCUT2D eigenvalue weighted by Crippen LogP contribution is 2.32. The van der Waals surface area contributed by atoms with Crippen molar-refractivity contribution >= 4 is 22.4 Å². The van der Waals surface area contributed by atoms with Gasteiger partial charge in [-0.1, -0.05) is 29.5 Å². The van der Waals surface area contributed by atoms with Crippen LogP contribution in [0.1, 0.15) is 12.8 Å². The molecule has 0 atom stereocenters. The van der Waals surface area contributed by atoms with Crippen LogP contribution in [0.25, 0.3) is 27.8 Å². The first kappa shape index (κ1) is 17.1. The lowest BCUT2D eigenvalue weighted by atomic mass is 10.1. The van der Waals surface area contributed by atoms with Crippen LogP contribution < -0.4 is 4.90 Å². The first-order valence-electron chi connectivity index (χ1n) is 9.43. The first-order chi connectivity index (χ1) is 13.8. The maximum absolute atomic E-state index is 14.4. The van der Waals surface area contributed by atoms with E-state index in [1.165, 1.54) is 6.07 Å². The third-order valence-corrected chi connectivity index (χ3v) is 5.44. The van der Waals surface area contributed by atoms with Gasteiger partial charge in [0, 0.05) is 31.1 Å². The summed E-state index contributed by atoms with van der Waals surface area (Å²) in [5.74, 6) is 0.555. The van der Waals surface area contributed by atoms with Gasteiger partial charge in [0.05, 0.1) is 11.6 Å². The highest BCUT2D eigenvalue weighted by molar-refractivity contribution is 5.93. The second-order valence-corrected chi connectivity index (χ2v) is 7.03. The molecule has 0 aliphatic carbocycles. The first-order valence-corrected chi connectivity index (χ1v) is 9.43. The average molecular weight is 377 g/mol. The third-order valence-electron chi connectivity index (χ3n) is 5.44. The molecule has 3 heterocycles. The number of fused-ring (bicyclic) bond motifs is 3. The summed E-state index contributed by atoms with van der Waals surface area (Å²) in [6.45, 7) is 1.73. The van der Waals surface area contributed by atoms with E-state index in [0.717, 1.165) is 42.7 Å². The van der Waals surface area contributed by atoms with Gasteiger partial charge in [0.15, 0.2) is 5.65 Å². The number of benzene rings is 2. The van der Waals surface area contributed by atoms with Crippen molar-refractivity contribution in [3.05, 3.63) is 54.3 Å². The Balaban J connectivity index is 1.71. The fraction of sp³-hybridized carbons (Fsp3) is 0.286. The van der Waals surface area contributed by atoms with E-state index in [4.69, 9.17) is 9.72 Å². The highest BCUT2D eigenvalue weighted by Gasteiger charge is 2.24. The second-order valence-electron chi connectivity index (χ2n) is 7.03. The zero-order chi connectivity index (χ0) is 19.1. The van der Waals surface area contributed by atoms with E-state index in [-0.39, 0.29) is 11.9 Å². The van der Waals surface area contributed by atoms with Gasteiger partial charge in [-0.2, -0.15) is 4.52 Å². The SMILES string of the molecule is COC1CCN(c2nc3c(-c4ccccc4F)nnn3c3ccccc23)CC1. The van der Waals surface area contributed by atoms with Crippen LogP contribution in [0.4, 0.5) is 10.2 Å². The molecule has 7 heteroatoms. The topological polar surface area (TPSA) is 55.5 Å².